The molecule has 0 saturated heterocycles. The first-order valence-electron chi connectivity index (χ1n) is 1.90. The highest BCUT2D eigenvalue weighted by Gasteiger charge is 1.92. The molecule has 38 valence electrons. The number of hydrogen-bond acceptors (Lipinski definition) is 1. The van der Waals surface area contributed by atoms with E-state index in [2.05, 4.69) is 0 Å². The van der Waals surface area contributed by atoms with Crippen LogP contribution >= 0.6 is 11.1 Å². The van der Waals surface area contributed by atoms with Gasteiger partial charge in [0.05, 0.1) is 6.23 Å². The molecule has 0 saturated carbocycles. The quantitative estimate of drug-likeness (QED) is 0.390. The van der Waals surface area contributed by atoms with Gasteiger partial charge in [0.1, 0.15) is 0 Å². The fourth-order valence-corrected chi connectivity index (χ4v) is 1.07. The molecule has 1 unspecified atom stereocenters. The SMILES string of the molecule is COC[SiH](C)Cl. The number of halogens is 1. The van der Waals surface area contributed by atoms with Crippen LogP contribution in [0.25, 0.3) is 0 Å². The van der Waals surface area contributed by atoms with Gasteiger partial charge in [-0.15, -0.1) is 0 Å². The Bertz CT molecular complexity index is 32.0. The molecule has 6 heavy (non-hydrogen) atoms. The molecule has 0 aromatic heterocycles. The first-order chi connectivity index (χ1) is 2.77. The second-order valence-corrected chi connectivity index (χ2v) is 5.37. The number of rotatable bonds is 2. The molecule has 0 heterocycles. The van der Waals surface area contributed by atoms with Crippen LogP contribution in [0.3, 0.4) is 0 Å². The Morgan fingerprint density at radius 2 is 2.33 bits per heavy atom. The van der Waals surface area contributed by atoms with Crippen LogP contribution in [0, 0.1) is 0 Å². The van der Waals surface area contributed by atoms with Gasteiger partial charge in [-0.25, -0.2) is 0 Å². The molecule has 0 amide bonds. The molecule has 0 aliphatic heterocycles. The summed E-state index contributed by atoms with van der Waals surface area (Å²) in [6.45, 7) is 2.03. The van der Waals surface area contributed by atoms with Crippen molar-refractivity contribution in [1.29, 1.82) is 0 Å². The van der Waals surface area contributed by atoms with Crippen LogP contribution in [0.1, 0.15) is 0 Å². The summed E-state index contributed by atoms with van der Waals surface area (Å²) in [5.74, 6) is 0. The van der Waals surface area contributed by atoms with Gasteiger partial charge in [-0.05, 0) is 0 Å². The third kappa shape index (κ3) is 4.47. The minimum absolute atomic E-state index is 0.779. The zero-order valence-corrected chi connectivity index (χ0v) is 5.98. The second kappa shape index (κ2) is 3.65. The Hall–Kier alpha value is 0.467. The Kier molecular flexibility index (Phi) is 3.93. The smallest absolute Gasteiger partial charge is 0.164 e. The third-order valence-electron chi connectivity index (χ3n) is 0.396. The lowest BCUT2D eigenvalue weighted by Gasteiger charge is -1.93. The van der Waals surface area contributed by atoms with Crippen molar-refractivity contribution in [2.75, 3.05) is 13.3 Å². The summed E-state index contributed by atoms with van der Waals surface area (Å²) < 4.78 is 4.73. The van der Waals surface area contributed by atoms with E-state index in [-0.39, 0.29) is 0 Å². The Morgan fingerprint density at radius 1 is 1.83 bits per heavy atom. The van der Waals surface area contributed by atoms with Crippen molar-refractivity contribution in [2.24, 2.45) is 0 Å². The Balaban J connectivity index is 2.63. The molecule has 0 fully saturated rings. The van der Waals surface area contributed by atoms with Crippen LogP contribution in [0.4, 0.5) is 0 Å². The van der Waals surface area contributed by atoms with Gasteiger partial charge >= 0.3 is 0 Å². The van der Waals surface area contributed by atoms with Gasteiger partial charge in [0.15, 0.2) is 8.11 Å². The van der Waals surface area contributed by atoms with Crippen molar-refractivity contribution in [3.63, 3.8) is 0 Å². The topological polar surface area (TPSA) is 9.23 Å². The van der Waals surface area contributed by atoms with Gasteiger partial charge in [-0.1, -0.05) is 6.55 Å². The van der Waals surface area contributed by atoms with Crippen LogP contribution in [-0.2, 0) is 4.74 Å². The van der Waals surface area contributed by atoms with E-state index in [0.717, 1.165) is 6.23 Å². The van der Waals surface area contributed by atoms with E-state index in [4.69, 9.17) is 15.8 Å². The standard InChI is InChI=1S/C3H9ClOSi/c1-5-3-6(2)4/h6H,3H2,1-2H3. The van der Waals surface area contributed by atoms with Crippen molar-refractivity contribution < 1.29 is 4.74 Å². The van der Waals surface area contributed by atoms with Crippen LogP contribution in [0.5, 0.6) is 0 Å². The van der Waals surface area contributed by atoms with Gasteiger partial charge in [0.2, 0.25) is 0 Å². The van der Waals surface area contributed by atoms with Gasteiger partial charge in [-0.2, -0.15) is 11.1 Å². The first kappa shape index (κ1) is 6.47. The molecule has 0 rings (SSSR count). The monoisotopic (exact) mass is 124 g/mol. The highest BCUT2D eigenvalue weighted by atomic mass is 35.6. The van der Waals surface area contributed by atoms with E-state index < -0.39 is 8.11 Å². The Labute approximate surface area is 44.6 Å². The molecule has 0 radical (unpaired) electrons. The van der Waals surface area contributed by atoms with E-state index in [1.54, 1.807) is 7.11 Å². The second-order valence-electron chi connectivity index (χ2n) is 1.24. The molecular formula is C3H9ClOSi. The summed E-state index contributed by atoms with van der Waals surface area (Å²) in [5.41, 5.74) is 0. The summed E-state index contributed by atoms with van der Waals surface area (Å²) >= 11 is 5.59. The highest BCUT2D eigenvalue weighted by Crippen LogP contribution is 1.85. The lowest BCUT2D eigenvalue weighted by Crippen LogP contribution is -2.05. The summed E-state index contributed by atoms with van der Waals surface area (Å²) in [6, 6.07) is 0. The molecule has 1 atom stereocenters. The lowest BCUT2D eigenvalue weighted by atomic mass is 11.5. The minimum Gasteiger partial charge on any atom is -0.387 e. The van der Waals surface area contributed by atoms with E-state index in [0.29, 0.717) is 0 Å². The average molecular weight is 125 g/mol. The maximum absolute atomic E-state index is 5.59. The highest BCUT2D eigenvalue weighted by molar-refractivity contribution is 7.06. The normalized spacial score (nSPS) is 14.5. The fraction of sp³-hybridized carbons (Fsp3) is 1.00. The van der Waals surface area contributed by atoms with Gasteiger partial charge in [0.25, 0.3) is 0 Å². The third-order valence-corrected chi connectivity index (χ3v) is 1.57. The van der Waals surface area contributed by atoms with E-state index >= 15 is 0 Å². The molecule has 0 aliphatic carbocycles. The number of methoxy groups -OCH3 is 1. The maximum Gasteiger partial charge on any atom is 0.164 e. The first-order valence-corrected chi connectivity index (χ1v) is 5.62. The molecule has 0 aromatic carbocycles. The van der Waals surface area contributed by atoms with Crippen molar-refractivity contribution in [3.8, 4) is 0 Å². The molecule has 0 spiro atoms. The largest absolute Gasteiger partial charge is 0.387 e. The van der Waals surface area contributed by atoms with Gasteiger partial charge in [0, 0.05) is 7.11 Å². The predicted octanol–water partition coefficient (Wildman–Crippen LogP) is 0.764. The van der Waals surface area contributed by atoms with E-state index in [1.807, 2.05) is 6.55 Å². The van der Waals surface area contributed by atoms with Crippen LogP contribution in [0.15, 0.2) is 0 Å². The molecule has 0 N–H and O–H groups in total. The molecule has 0 aromatic rings. The van der Waals surface area contributed by atoms with Crippen LogP contribution in [0.2, 0.25) is 6.55 Å². The average Bonchev–Trinajstić information content (AvgIpc) is 1.35. The zero-order chi connectivity index (χ0) is 4.99. The molecule has 0 bridgehead atoms. The molecule has 3 heteroatoms. The lowest BCUT2D eigenvalue weighted by molar-refractivity contribution is 0.251. The summed E-state index contributed by atoms with van der Waals surface area (Å²) in [5, 5.41) is 0. The van der Waals surface area contributed by atoms with Crippen molar-refractivity contribution in [3.05, 3.63) is 0 Å². The van der Waals surface area contributed by atoms with Crippen LogP contribution < -0.4 is 0 Å². The maximum atomic E-state index is 5.59. The van der Waals surface area contributed by atoms with Gasteiger partial charge in [-0.3, -0.25) is 0 Å². The minimum atomic E-state index is -0.921. The van der Waals surface area contributed by atoms with Crippen molar-refractivity contribution in [2.45, 2.75) is 6.55 Å². The van der Waals surface area contributed by atoms with Crippen molar-refractivity contribution >= 4 is 19.2 Å². The molecule has 0 aliphatic rings. The molecular weight excluding hydrogens is 116 g/mol. The van der Waals surface area contributed by atoms with Crippen molar-refractivity contribution in [1.82, 2.24) is 0 Å². The van der Waals surface area contributed by atoms with E-state index in [9.17, 15) is 0 Å². The zero-order valence-electron chi connectivity index (χ0n) is 4.07. The number of hydrogen-bond donors (Lipinski definition) is 0. The summed E-state index contributed by atoms with van der Waals surface area (Å²) in [7, 11) is 0.752. The van der Waals surface area contributed by atoms with Crippen LogP contribution in [-0.4, -0.2) is 21.4 Å². The number of ether oxygens (including phenoxy) is 1. The Morgan fingerprint density at radius 3 is 2.33 bits per heavy atom. The predicted molar refractivity (Wildman–Crippen MR) is 30.7 cm³/mol. The summed E-state index contributed by atoms with van der Waals surface area (Å²) in [6.07, 6.45) is 0.779. The fourth-order valence-electron chi connectivity index (χ4n) is 0.230. The summed E-state index contributed by atoms with van der Waals surface area (Å²) in [4.78, 5) is 0. The van der Waals surface area contributed by atoms with Gasteiger partial charge < -0.3 is 4.74 Å². The van der Waals surface area contributed by atoms with E-state index in [1.165, 1.54) is 0 Å². The molecule has 1 nitrogen and oxygen atoms in total.